The summed E-state index contributed by atoms with van der Waals surface area (Å²) in [7, 11) is -87.1. The Morgan fingerprint density at radius 2 is 0.379 bits per heavy atom. The fourth-order valence-electron chi connectivity index (χ4n) is 9.89. The van der Waals surface area contributed by atoms with Crippen LogP contribution in [0.4, 0.5) is 17.1 Å². The molecule has 15 N–H and O–H groups in total. The summed E-state index contributed by atoms with van der Waals surface area (Å²) in [5.74, 6) is 0. The zero-order valence-electron chi connectivity index (χ0n) is 68.5. The summed E-state index contributed by atoms with van der Waals surface area (Å²) < 4.78 is 561. The first-order valence-corrected chi connectivity index (χ1v) is 52.8. The fraction of sp³-hybridized carbons (Fsp3) is 0.429. The Hall–Kier alpha value is 7.50. The molecule has 3 aliphatic heterocycles. The average Bonchev–Trinajstić information content (AvgIpc) is 0.780. The number of ether oxygens (including phenoxy) is 3. The van der Waals surface area contributed by atoms with Crippen molar-refractivity contribution < 1.29 is 245 Å². The Morgan fingerprint density at radius 1 is 0.227 bits per heavy atom. The van der Waals surface area contributed by atoms with Gasteiger partial charge in [-0.05, 0) is 91.0 Å². The van der Waals surface area contributed by atoms with Crippen molar-refractivity contribution in [3.63, 3.8) is 0 Å². The van der Waals surface area contributed by atoms with E-state index in [1.807, 2.05) is 14.2 Å². The molecule has 132 heavy (non-hydrogen) atoms. The second-order valence-electron chi connectivity index (χ2n) is 22.5. The summed E-state index contributed by atoms with van der Waals surface area (Å²) in [4.78, 5) is -5.28. The molecule has 3 aliphatic rings. The Bertz CT molecular complexity index is 5710. The van der Waals surface area contributed by atoms with E-state index in [1.165, 1.54) is 0 Å². The second-order valence-corrected chi connectivity index (χ2v) is 43.8. The first kappa shape index (κ1) is 150. The SMILES string of the molecule is O=S(=O)(O)OC[C@H]1O[C@@H](Sc2ccc(NS(=O)(=O)c3cc(S(=O)(=O)Nc4ccc(S[C@@H]5O[C@H](COS(=O)(=O)O)[C@@H](OS(=O)(=O)O)[C@H](OS(=O)(=O)O)[C@H]5OS(=O)(=O)O)cc4)cc(S(=O)(=O)Nc4ccc(S[C@@H]5O[C@H](COS(=O)(=O)O)[C@@H](OS(=O)(=O)O)[C@H](OS(=O)(=O)O)[C@H]5OS(=O)(=O)O)cc4)c3)cc2)[C@H](OS(=O)(=O)O)[C@@H](OS(=O)(=O)O)[C@@H]1OS(=O)(=O)O.[Na].[Na].[Na].[Na].[Na].[Na].[Na].[Na].[Na].[Na].[Na].[Na]. The van der Waals surface area contributed by atoms with Crippen molar-refractivity contribution in [2.24, 2.45) is 0 Å². The van der Waals surface area contributed by atoms with Gasteiger partial charge in [0, 0.05) is 386 Å². The minimum atomic E-state index is -6.01. The van der Waals surface area contributed by atoms with Gasteiger partial charge < -0.3 is 14.2 Å². The van der Waals surface area contributed by atoms with E-state index in [1.54, 1.807) is 0 Å². The van der Waals surface area contributed by atoms with Crippen LogP contribution in [0.2, 0.25) is 0 Å². The van der Waals surface area contributed by atoms with Crippen LogP contribution in [-0.4, -0.2) is 645 Å². The van der Waals surface area contributed by atoms with E-state index in [9.17, 15) is 181 Å². The molecule has 15 atom stereocenters. The average molecular weight is 2360 g/mol. The minimum Gasteiger partial charge on any atom is -0.356 e. The number of hydrogen-bond donors (Lipinski definition) is 15. The molecular weight excluding hydrogens is 2310 g/mol. The largest absolute Gasteiger partial charge is 0.397 e. The molecule has 12 radical (unpaired) electrons. The van der Waals surface area contributed by atoms with Gasteiger partial charge in [0.15, 0.2) is 0 Å². The third-order valence-corrected chi connectivity index (χ3v) is 26.9. The molecule has 0 unspecified atom stereocenters. The van der Waals surface area contributed by atoms with Crippen molar-refractivity contribution in [2.45, 2.75) is 119 Å². The molecule has 0 aliphatic carbocycles. The predicted molar refractivity (Wildman–Crippen MR) is 451 cm³/mol. The molecule has 90 heteroatoms. The summed E-state index contributed by atoms with van der Waals surface area (Å²) in [6.07, 6.45) is -33.8. The Kier molecular flexibility index (Phi) is 68.5. The predicted octanol–water partition coefficient (Wildman–Crippen LogP) is -8.88. The molecule has 0 amide bonds. The third kappa shape index (κ3) is 54.2. The van der Waals surface area contributed by atoms with Crippen LogP contribution in [0.25, 0.3) is 0 Å². The maximum atomic E-state index is 14.5. The molecule has 3 heterocycles. The fourth-order valence-corrected chi connectivity index (χ4v) is 22.5. The van der Waals surface area contributed by atoms with Crippen molar-refractivity contribution in [2.75, 3.05) is 34.0 Å². The van der Waals surface area contributed by atoms with Crippen LogP contribution in [-0.2, 0) is 219 Å². The van der Waals surface area contributed by atoms with E-state index >= 15 is 0 Å². The van der Waals surface area contributed by atoms with Crippen molar-refractivity contribution in [3.8, 4) is 0 Å². The molecule has 60 nitrogen and oxygen atoms in total. The summed E-state index contributed by atoms with van der Waals surface area (Å²) >= 11 is 0.219. The monoisotopic (exact) mass is 2360 g/mol. The molecule has 4 aromatic rings. The first-order chi connectivity index (χ1) is 54.0. The third-order valence-electron chi connectivity index (χ3n) is 13.9. The number of nitrogens with one attached hydrogen (secondary N) is 3. The molecule has 4 aromatic carbocycles. The maximum absolute atomic E-state index is 14.5. The van der Waals surface area contributed by atoms with E-state index in [0.29, 0.717) is 0 Å². The van der Waals surface area contributed by atoms with Crippen LogP contribution >= 0.6 is 35.3 Å². The maximum Gasteiger partial charge on any atom is 0.397 e. The zero-order valence-corrected chi connectivity index (χ0v) is 107. The number of benzene rings is 4. The Morgan fingerprint density at radius 3 is 0.530 bits per heavy atom. The number of thioether (sulfide) groups is 3. The zero-order chi connectivity index (χ0) is 90.9. The van der Waals surface area contributed by atoms with Crippen molar-refractivity contribution in [1.29, 1.82) is 0 Å². The van der Waals surface area contributed by atoms with Crippen LogP contribution in [0.5, 0.6) is 0 Å². The number of sulfonamides is 3. The van der Waals surface area contributed by atoms with Crippen LogP contribution in [0.15, 0.2) is 120 Å². The second kappa shape index (κ2) is 60.2. The van der Waals surface area contributed by atoms with E-state index in [4.69, 9.17) is 14.2 Å². The molecule has 0 bridgehead atoms. The van der Waals surface area contributed by atoms with E-state index in [2.05, 4.69) is 50.2 Å². The Balaban J connectivity index is -0.00000331. The summed E-state index contributed by atoms with van der Waals surface area (Å²) in [6.45, 7) is -5.04. The van der Waals surface area contributed by atoms with E-state index in [-0.39, 0.29) is 423 Å². The molecule has 3 fully saturated rings. The summed E-state index contributed by atoms with van der Waals surface area (Å²) in [6, 6.07) is 10.2. The van der Waals surface area contributed by atoms with Gasteiger partial charge in [-0.15, -0.1) is 0 Å². The smallest absolute Gasteiger partial charge is 0.356 e. The van der Waals surface area contributed by atoms with Crippen molar-refractivity contribution in [3.05, 3.63) is 91.0 Å². The standard InChI is InChI=1S/C42H51N3O57S18.12Na/c46-106(47,43-19-1-7-22(8-2-19)103-40-37(100-118(79,80)81)34(97-115(70,71)72)31(94-112(61,62)63)28(91-40)16-88-109(52,53)54)25-13-26(107(48,49)44-20-3-9-23(10-4-20)104-41-38(101-119(82,83)84)35(98-116(73,74)75)32(95-113(64,65)66)29(92-41)17-89-110(55,56)57)15-27(14-25)108(50,51)45-21-5-11-24(12-6-21)105-42-39(102-120(85,86)87)36(99-117(76,77)78)33(96-114(67,68)69)30(93-42)18-90-111(58,59)60;;;;;;;;;;;;/h1-15,28-45H,16-18H2,(H,52,53,54)(H,55,56,57)(H,58,59,60)(H,61,62,63)(H,64,65,66)(H,67,68,69)(H,70,71,72)(H,73,74,75)(H,76,77,78)(H,79,80,81)(H,82,83,84)(H,85,86,87);;;;;;;;;;;;/t28-,29-,30-,31-,32-,33-,34+,35+,36+,37-,38-,39-,40+,41+,42+;;;;;;;;;;;;/m1............/s1. The summed E-state index contributed by atoms with van der Waals surface area (Å²) in [5, 5.41) is 0. The van der Waals surface area contributed by atoms with E-state index < -0.39 is 296 Å². The van der Waals surface area contributed by atoms with Gasteiger partial charge in [0.2, 0.25) is 0 Å². The molecule has 7 rings (SSSR count). The van der Waals surface area contributed by atoms with Crippen LogP contribution in [0.1, 0.15) is 0 Å². The van der Waals surface area contributed by atoms with Crippen LogP contribution in [0.3, 0.4) is 0 Å². The molecule has 3 saturated heterocycles. The van der Waals surface area contributed by atoms with Gasteiger partial charge in [-0.1, -0.05) is 35.3 Å². The van der Waals surface area contributed by atoms with E-state index in [0.717, 1.165) is 72.8 Å². The van der Waals surface area contributed by atoms with Gasteiger partial charge >= 0.3 is 125 Å². The van der Waals surface area contributed by atoms with Gasteiger partial charge in [0.25, 0.3) is 30.1 Å². The van der Waals surface area contributed by atoms with Crippen molar-refractivity contribution >= 4 is 562 Å². The molecule has 0 saturated carbocycles. The number of hydrogen-bond acceptors (Lipinski definition) is 48. The molecule has 696 valence electrons. The van der Waals surface area contributed by atoms with Gasteiger partial charge in [0.1, 0.15) is 89.6 Å². The van der Waals surface area contributed by atoms with Gasteiger partial charge in [0.05, 0.1) is 34.5 Å². The normalized spacial score (nSPS) is 23.0. The van der Waals surface area contributed by atoms with Crippen LogP contribution < -0.4 is 14.2 Å². The minimum absolute atomic E-state index is 0. The summed E-state index contributed by atoms with van der Waals surface area (Å²) in [5.41, 5.74) is -9.09. The van der Waals surface area contributed by atoms with Crippen LogP contribution in [0, 0.1) is 0 Å². The Labute approximate surface area is 1030 Å². The quantitative estimate of drug-likeness (QED) is 0.0145. The van der Waals surface area contributed by atoms with Gasteiger partial charge in [-0.2, -0.15) is 101 Å². The van der Waals surface area contributed by atoms with Crippen molar-refractivity contribution in [1.82, 2.24) is 0 Å². The molecule has 0 aromatic heterocycles. The molecular formula is C42H51N3Na12O57S18. The number of anilines is 3. The topological polar surface area (TPSA) is 929 Å². The first-order valence-electron chi connectivity index (χ1n) is 29.3. The van der Waals surface area contributed by atoms with Gasteiger partial charge in [-0.3, -0.25) is 68.8 Å². The number of rotatable bonds is 42. The molecule has 0 spiro atoms. The van der Waals surface area contributed by atoms with Gasteiger partial charge in [-0.25, -0.2) is 75.5 Å².